The zero-order chi connectivity index (χ0) is 24.1. The molecule has 0 bridgehead atoms. The molecular weight excluding hydrogens is 422 g/mol. The Labute approximate surface area is 192 Å². The fourth-order valence-corrected chi connectivity index (χ4v) is 3.76. The molecule has 2 atom stereocenters. The maximum atomic E-state index is 12.7. The van der Waals surface area contributed by atoms with Crippen LogP contribution in [0.5, 0.6) is 5.75 Å². The molecule has 1 heterocycles. The topological polar surface area (TPSA) is 109 Å². The summed E-state index contributed by atoms with van der Waals surface area (Å²) in [4.78, 5) is 36.3. The van der Waals surface area contributed by atoms with Crippen molar-refractivity contribution in [1.29, 1.82) is 0 Å². The molecule has 0 aliphatic rings. The molecule has 1 amide bonds. The zero-order valence-electron chi connectivity index (χ0n) is 19.3. The van der Waals surface area contributed by atoms with Crippen molar-refractivity contribution in [2.24, 2.45) is 5.92 Å². The molecule has 3 rings (SSSR count). The Bertz CT molecular complexity index is 1210. The van der Waals surface area contributed by atoms with Gasteiger partial charge in [-0.05, 0) is 43.0 Å². The molecule has 3 aromatic rings. The highest BCUT2D eigenvalue weighted by Crippen LogP contribution is 2.30. The maximum Gasteiger partial charge on any atom is 0.340 e. The third-order valence-electron chi connectivity index (χ3n) is 6.02. The van der Waals surface area contributed by atoms with Crippen LogP contribution < -0.4 is 20.8 Å². The minimum Gasteiger partial charge on any atom is -0.548 e. The van der Waals surface area contributed by atoms with E-state index in [-0.39, 0.29) is 12.5 Å². The minimum atomic E-state index is -1.33. The van der Waals surface area contributed by atoms with Crippen molar-refractivity contribution in [3.8, 4) is 5.75 Å². The van der Waals surface area contributed by atoms with Gasteiger partial charge in [-0.25, -0.2) is 4.79 Å². The predicted octanol–water partition coefficient (Wildman–Crippen LogP) is 2.66. The first-order chi connectivity index (χ1) is 15.7. The van der Waals surface area contributed by atoms with Gasteiger partial charge in [-0.2, -0.15) is 0 Å². The normalized spacial score (nSPS) is 12.8. The van der Waals surface area contributed by atoms with E-state index in [0.29, 0.717) is 35.3 Å². The van der Waals surface area contributed by atoms with Gasteiger partial charge < -0.3 is 24.4 Å². The molecule has 0 aliphatic heterocycles. The SMILES string of the molecule is CC[C@H](C)[C@H](NC(=O)COc1ccc2c(C)c(Cc3ccccc3)c(=O)oc2c1C)C(=O)[O-]. The van der Waals surface area contributed by atoms with Crippen LogP contribution in [0.2, 0.25) is 0 Å². The molecule has 1 aromatic heterocycles. The van der Waals surface area contributed by atoms with E-state index in [0.717, 1.165) is 16.5 Å². The molecule has 0 unspecified atom stereocenters. The maximum absolute atomic E-state index is 12.7. The molecule has 0 spiro atoms. The number of carboxylic acid groups (broad SMARTS) is 1. The van der Waals surface area contributed by atoms with Crippen LogP contribution in [0, 0.1) is 19.8 Å². The molecule has 174 valence electrons. The van der Waals surface area contributed by atoms with Gasteiger partial charge in [-0.3, -0.25) is 4.79 Å². The van der Waals surface area contributed by atoms with Crippen LogP contribution in [-0.4, -0.2) is 24.5 Å². The van der Waals surface area contributed by atoms with Gasteiger partial charge in [-0.15, -0.1) is 0 Å². The fraction of sp³-hybridized carbons (Fsp3) is 0.346. The van der Waals surface area contributed by atoms with Crippen LogP contribution in [-0.2, 0) is 16.0 Å². The second-order valence-electron chi connectivity index (χ2n) is 8.26. The molecule has 2 aromatic carbocycles. The van der Waals surface area contributed by atoms with E-state index in [1.54, 1.807) is 26.0 Å². The van der Waals surface area contributed by atoms with E-state index in [1.807, 2.05) is 44.2 Å². The van der Waals surface area contributed by atoms with Gasteiger partial charge in [-0.1, -0.05) is 50.6 Å². The van der Waals surface area contributed by atoms with Gasteiger partial charge in [0.1, 0.15) is 11.3 Å². The summed E-state index contributed by atoms with van der Waals surface area (Å²) in [5.74, 6) is -1.80. The van der Waals surface area contributed by atoms with E-state index >= 15 is 0 Å². The largest absolute Gasteiger partial charge is 0.548 e. The Kier molecular flexibility index (Phi) is 7.53. The van der Waals surface area contributed by atoms with Gasteiger partial charge >= 0.3 is 5.63 Å². The summed E-state index contributed by atoms with van der Waals surface area (Å²) in [6.07, 6.45) is 1.05. The van der Waals surface area contributed by atoms with E-state index in [2.05, 4.69) is 5.32 Å². The molecule has 7 heteroatoms. The molecule has 0 fully saturated rings. The van der Waals surface area contributed by atoms with Crippen molar-refractivity contribution in [3.63, 3.8) is 0 Å². The fourth-order valence-electron chi connectivity index (χ4n) is 3.76. The number of hydrogen-bond donors (Lipinski definition) is 1. The molecule has 0 aliphatic carbocycles. The minimum absolute atomic E-state index is 0.274. The molecule has 33 heavy (non-hydrogen) atoms. The highest BCUT2D eigenvalue weighted by Gasteiger charge is 2.20. The molecule has 0 radical (unpaired) electrons. The second-order valence-corrected chi connectivity index (χ2v) is 8.26. The second kappa shape index (κ2) is 10.3. The van der Waals surface area contributed by atoms with Crippen LogP contribution in [0.4, 0.5) is 0 Å². The lowest BCUT2D eigenvalue weighted by Gasteiger charge is -2.25. The molecule has 0 saturated carbocycles. The Balaban J connectivity index is 1.81. The molecule has 0 saturated heterocycles. The van der Waals surface area contributed by atoms with E-state index < -0.39 is 23.5 Å². The molecule has 1 N–H and O–H groups in total. The van der Waals surface area contributed by atoms with Crippen molar-refractivity contribution in [2.75, 3.05) is 6.61 Å². The molecular formula is C26H28NO6-. The van der Waals surface area contributed by atoms with Crippen LogP contribution in [0.3, 0.4) is 0 Å². The first-order valence-corrected chi connectivity index (χ1v) is 11.0. The summed E-state index contributed by atoms with van der Waals surface area (Å²) < 4.78 is 11.3. The lowest BCUT2D eigenvalue weighted by Crippen LogP contribution is -2.52. The summed E-state index contributed by atoms with van der Waals surface area (Å²) in [5.41, 5.74) is 3.03. The number of fused-ring (bicyclic) bond motifs is 1. The van der Waals surface area contributed by atoms with Gasteiger partial charge in [0.05, 0.1) is 12.0 Å². The number of carbonyl (C=O) groups excluding carboxylic acids is 2. The van der Waals surface area contributed by atoms with Crippen molar-refractivity contribution >= 4 is 22.8 Å². The van der Waals surface area contributed by atoms with Crippen LogP contribution >= 0.6 is 0 Å². The predicted molar refractivity (Wildman–Crippen MR) is 123 cm³/mol. The zero-order valence-corrected chi connectivity index (χ0v) is 19.3. The first kappa shape index (κ1) is 24.0. The van der Waals surface area contributed by atoms with Gasteiger partial charge in [0.15, 0.2) is 6.61 Å². The van der Waals surface area contributed by atoms with Crippen molar-refractivity contribution in [3.05, 3.63) is 75.1 Å². The summed E-state index contributed by atoms with van der Waals surface area (Å²) in [5, 5.41) is 14.5. The molecule has 7 nitrogen and oxygen atoms in total. The van der Waals surface area contributed by atoms with E-state index in [1.165, 1.54) is 0 Å². The number of carbonyl (C=O) groups is 2. The first-order valence-electron chi connectivity index (χ1n) is 11.0. The van der Waals surface area contributed by atoms with Gasteiger partial charge in [0.2, 0.25) is 0 Å². The number of aryl methyl sites for hydroxylation is 2. The summed E-state index contributed by atoms with van der Waals surface area (Å²) >= 11 is 0. The number of aliphatic carboxylic acids is 1. The van der Waals surface area contributed by atoms with Crippen molar-refractivity contribution in [1.82, 2.24) is 5.32 Å². The number of amides is 1. The summed E-state index contributed by atoms with van der Waals surface area (Å²) in [6.45, 7) is 6.83. The van der Waals surface area contributed by atoms with Gasteiger partial charge in [0, 0.05) is 22.9 Å². The lowest BCUT2D eigenvalue weighted by atomic mass is 9.98. The van der Waals surface area contributed by atoms with Crippen molar-refractivity contribution < 1.29 is 23.8 Å². The quantitative estimate of drug-likeness (QED) is 0.502. The number of nitrogens with one attached hydrogen (secondary N) is 1. The smallest absolute Gasteiger partial charge is 0.340 e. The third-order valence-corrected chi connectivity index (χ3v) is 6.02. The average molecular weight is 451 g/mol. The van der Waals surface area contributed by atoms with Crippen molar-refractivity contribution in [2.45, 2.75) is 46.6 Å². The number of hydrogen-bond acceptors (Lipinski definition) is 6. The Morgan fingerprint density at radius 2 is 1.79 bits per heavy atom. The Hall–Kier alpha value is -3.61. The standard InChI is InChI=1S/C26H29NO6/c1-5-15(2)23(25(29)30)27-22(28)14-32-21-12-11-19-16(3)20(13-18-9-7-6-8-10-18)26(31)33-24(19)17(21)4/h6-12,15,23H,5,13-14H2,1-4H3,(H,27,28)(H,29,30)/p-1/t15-,23-/m0/s1. The Morgan fingerprint density at radius 3 is 2.42 bits per heavy atom. The lowest BCUT2D eigenvalue weighted by molar-refractivity contribution is -0.309. The van der Waals surface area contributed by atoms with Crippen LogP contribution in [0.25, 0.3) is 11.0 Å². The van der Waals surface area contributed by atoms with E-state index in [4.69, 9.17) is 9.15 Å². The van der Waals surface area contributed by atoms with Crippen LogP contribution in [0.15, 0.2) is 51.7 Å². The number of rotatable bonds is 9. The highest BCUT2D eigenvalue weighted by atomic mass is 16.5. The number of benzene rings is 2. The van der Waals surface area contributed by atoms with Gasteiger partial charge in [0.25, 0.3) is 5.91 Å². The van der Waals surface area contributed by atoms with Crippen LogP contribution in [0.1, 0.15) is 42.5 Å². The third kappa shape index (κ3) is 5.42. The number of carboxylic acids is 1. The summed E-state index contributed by atoms with van der Waals surface area (Å²) in [6, 6.07) is 12.1. The Morgan fingerprint density at radius 1 is 1.09 bits per heavy atom. The number of ether oxygens (including phenoxy) is 1. The highest BCUT2D eigenvalue weighted by molar-refractivity contribution is 5.86. The van der Waals surface area contributed by atoms with E-state index in [9.17, 15) is 19.5 Å². The average Bonchev–Trinajstić information content (AvgIpc) is 2.80. The monoisotopic (exact) mass is 450 g/mol. The summed E-state index contributed by atoms with van der Waals surface area (Å²) in [7, 11) is 0.